The predicted molar refractivity (Wildman–Crippen MR) is 167 cm³/mol. The van der Waals surface area contributed by atoms with Crippen LogP contribution in [0.4, 0.5) is 11.5 Å². The molecule has 3 aromatic carbocycles. The van der Waals surface area contributed by atoms with Crippen LogP contribution in [0.5, 0.6) is 17.2 Å². The normalized spacial score (nSPS) is 10.8. The first-order valence-corrected chi connectivity index (χ1v) is 14.0. The molecule has 0 fully saturated rings. The zero-order valence-corrected chi connectivity index (χ0v) is 24.6. The van der Waals surface area contributed by atoms with Gasteiger partial charge in [-0.2, -0.15) is 0 Å². The van der Waals surface area contributed by atoms with E-state index in [4.69, 9.17) is 14.2 Å². The molecule has 0 unspecified atom stereocenters. The third-order valence-corrected chi connectivity index (χ3v) is 6.95. The van der Waals surface area contributed by atoms with E-state index in [1.54, 1.807) is 85.1 Å². The van der Waals surface area contributed by atoms with E-state index in [0.29, 0.717) is 39.9 Å². The van der Waals surface area contributed by atoms with E-state index >= 15 is 0 Å². The van der Waals surface area contributed by atoms with E-state index in [9.17, 15) is 14.4 Å². The summed E-state index contributed by atoms with van der Waals surface area (Å²) in [6.07, 6.45) is 3.10. The number of methoxy groups -OCH3 is 3. The van der Waals surface area contributed by atoms with Crippen molar-refractivity contribution in [1.82, 2.24) is 10.3 Å². The summed E-state index contributed by atoms with van der Waals surface area (Å²) < 4.78 is 16.3. The van der Waals surface area contributed by atoms with Crippen LogP contribution in [0.15, 0.2) is 102 Å². The van der Waals surface area contributed by atoms with Crippen molar-refractivity contribution in [2.75, 3.05) is 37.7 Å². The molecule has 3 N–H and O–H groups in total. The Bertz CT molecular complexity index is 1610. The number of aromatic nitrogens is 1. The number of hydrogen-bond donors (Lipinski definition) is 3. The summed E-state index contributed by atoms with van der Waals surface area (Å²) in [5, 5.41) is 8.29. The Morgan fingerprint density at radius 2 is 1.51 bits per heavy atom. The number of anilines is 2. The Hall–Kier alpha value is -5.29. The van der Waals surface area contributed by atoms with Crippen molar-refractivity contribution in [3.8, 4) is 17.2 Å². The highest BCUT2D eigenvalue weighted by atomic mass is 32.2. The Morgan fingerprint density at radius 1 is 0.791 bits per heavy atom. The summed E-state index contributed by atoms with van der Waals surface area (Å²) in [5.74, 6) is 0.623. The van der Waals surface area contributed by atoms with Gasteiger partial charge in [0, 0.05) is 34.0 Å². The van der Waals surface area contributed by atoms with Crippen LogP contribution >= 0.6 is 11.8 Å². The van der Waals surface area contributed by atoms with Gasteiger partial charge < -0.3 is 30.2 Å². The van der Waals surface area contributed by atoms with Crippen LogP contribution < -0.4 is 30.2 Å². The van der Waals surface area contributed by atoms with E-state index in [0.717, 1.165) is 4.90 Å². The summed E-state index contributed by atoms with van der Waals surface area (Å²) in [6.45, 7) is 0. The van der Waals surface area contributed by atoms with Crippen molar-refractivity contribution in [3.63, 3.8) is 0 Å². The number of ether oxygens (including phenoxy) is 3. The zero-order valence-electron chi connectivity index (χ0n) is 23.7. The first-order valence-electron chi connectivity index (χ1n) is 13.0. The molecule has 1 aromatic heterocycles. The molecule has 1 heterocycles. The maximum atomic E-state index is 13.6. The van der Waals surface area contributed by atoms with Crippen LogP contribution in [0.3, 0.4) is 0 Å². The standard InChI is InChI=1S/C32H30N4O6S/c1-40-26-19-28(42-3)27(41-2)17-22(26)16-25(35-31(38)21-10-5-4-6-11-21)32(39)34-23-12-9-13-24(18-23)43-20-30(37)36-29-14-7-8-15-33-29/h4-19H,20H2,1-3H3,(H,34,39)(H,35,38)(H,33,36,37)/b25-16+. The second kappa shape index (κ2) is 15.1. The molecule has 11 heteroatoms. The molecular weight excluding hydrogens is 568 g/mol. The number of rotatable bonds is 12. The van der Waals surface area contributed by atoms with Crippen molar-refractivity contribution in [1.29, 1.82) is 0 Å². The fourth-order valence-corrected chi connectivity index (χ4v) is 4.65. The number of benzene rings is 3. The average molecular weight is 599 g/mol. The van der Waals surface area contributed by atoms with Crippen molar-refractivity contribution in [2.45, 2.75) is 4.90 Å². The van der Waals surface area contributed by atoms with Crippen LogP contribution in [-0.2, 0) is 9.59 Å². The molecule has 43 heavy (non-hydrogen) atoms. The van der Waals surface area contributed by atoms with Gasteiger partial charge in [-0.15, -0.1) is 11.8 Å². The molecule has 0 aliphatic carbocycles. The lowest BCUT2D eigenvalue weighted by molar-refractivity contribution is -0.114. The summed E-state index contributed by atoms with van der Waals surface area (Å²) in [4.78, 5) is 43.8. The number of carbonyl (C=O) groups is 3. The van der Waals surface area contributed by atoms with E-state index in [1.165, 1.54) is 39.2 Å². The molecule has 0 saturated carbocycles. The third kappa shape index (κ3) is 8.60. The minimum Gasteiger partial charge on any atom is -0.496 e. The number of thioether (sulfide) groups is 1. The number of amides is 3. The Balaban J connectivity index is 1.56. The number of nitrogens with one attached hydrogen (secondary N) is 3. The summed E-state index contributed by atoms with van der Waals surface area (Å²) in [5.41, 5.74) is 1.29. The van der Waals surface area contributed by atoms with E-state index in [-0.39, 0.29) is 17.4 Å². The maximum absolute atomic E-state index is 13.6. The van der Waals surface area contributed by atoms with Gasteiger partial charge in [0.25, 0.3) is 11.8 Å². The van der Waals surface area contributed by atoms with E-state index in [1.807, 2.05) is 6.07 Å². The van der Waals surface area contributed by atoms with Crippen molar-refractivity contribution in [3.05, 3.63) is 108 Å². The molecule has 0 radical (unpaired) electrons. The molecular formula is C32H30N4O6S. The molecule has 4 aromatic rings. The lowest BCUT2D eigenvalue weighted by Crippen LogP contribution is -2.30. The highest BCUT2D eigenvalue weighted by Crippen LogP contribution is 2.35. The third-order valence-electron chi connectivity index (χ3n) is 5.96. The minimum atomic E-state index is -0.573. The molecule has 0 aliphatic heterocycles. The lowest BCUT2D eigenvalue weighted by Gasteiger charge is -2.15. The number of pyridine rings is 1. The van der Waals surface area contributed by atoms with Gasteiger partial charge in [-0.05, 0) is 54.6 Å². The number of nitrogens with zero attached hydrogens (tertiary/aromatic N) is 1. The topological polar surface area (TPSA) is 128 Å². The average Bonchev–Trinajstić information content (AvgIpc) is 3.04. The Labute approximate surface area is 253 Å². The van der Waals surface area contributed by atoms with Gasteiger partial charge in [-0.3, -0.25) is 14.4 Å². The van der Waals surface area contributed by atoms with Gasteiger partial charge in [-0.25, -0.2) is 4.98 Å². The molecule has 4 rings (SSSR count). The lowest BCUT2D eigenvalue weighted by atomic mass is 10.1. The minimum absolute atomic E-state index is 0.0350. The first kappa shape index (κ1) is 30.7. The van der Waals surface area contributed by atoms with Crippen LogP contribution in [0.25, 0.3) is 6.08 Å². The summed E-state index contributed by atoms with van der Waals surface area (Å²) >= 11 is 1.30. The van der Waals surface area contributed by atoms with Crippen LogP contribution in [0, 0.1) is 0 Å². The predicted octanol–water partition coefficient (Wildman–Crippen LogP) is 5.25. The highest BCUT2D eigenvalue weighted by Gasteiger charge is 2.18. The SMILES string of the molecule is COc1cc(OC)c(OC)cc1/C=C(/NC(=O)c1ccccc1)C(=O)Nc1cccc(SCC(=O)Nc2ccccn2)c1. The van der Waals surface area contributed by atoms with Crippen LogP contribution in [0.1, 0.15) is 15.9 Å². The molecule has 0 bridgehead atoms. The van der Waals surface area contributed by atoms with Gasteiger partial charge in [0.2, 0.25) is 5.91 Å². The highest BCUT2D eigenvalue weighted by molar-refractivity contribution is 8.00. The van der Waals surface area contributed by atoms with E-state index in [2.05, 4.69) is 20.9 Å². The van der Waals surface area contributed by atoms with E-state index < -0.39 is 11.8 Å². The Kier molecular flexibility index (Phi) is 10.8. The molecule has 220 valence electrons. The van der Waals surface area contributed by atoms with Crippen molar-refractivity contribution in [2.24, 2.45) is 0 Å². The van der Waals surface area contributed by atoms with Gasteiger partial charge in [-0.1, -0.05) is 30.3 Å². The summed E-state index contributed by atoms with van der Waals surface area (Å²) in [7, 11) is 4.49. The number of hydrogen-bond acceptors (Lipinski definition) is 8. The zero-order chi connectivity index (χ0) is 30.6. The Morgan fingerprint density at radius 3 is 2.21 bits per heavy atom. The van der Waals surface area contributed by atoms with Crippen molar-refractivity contribution < 1.29 is 28.6 Å². The smallest absolute Gasteiger partial charge is 0.272 e. The van der Waals surface area contributed by atoms with Gasteiger partial charge >= 0.3 is 0 Å². The van der Waals surface area contributed by atoms with Gasteiger partial charge in [0.15, 0.2) is 11.5 Å². The molecule has 0 spiro atoms. The van der Waals surface area contributed by atoms with Gasteiger partial charge in [0.1, 0.15) is 17.3 Å². The molecule has 10 nitrogen and oxygen atoms in total. The fourth-order valence-electron chi connectivity index (χ4n) is 3.89. The molecule has 3 amide bonds. The van der Waals surface area contributed by atoms with Crippen molar-refractivity contribution >= 4 is 47.1 Å². The molecule has 0 atom stereocenters. The summed E-state index contributed by atoms with van der Waals surface area (Å²) in [6, 6.07) is 24.1. The first-order chi connectivity index (χ1) is 20.9. The monoisotopic (exact) mass is 598 g/mol. The second-order valence-corrected chi connectivity index (χ2v) is 9.91. The fraction of sp³-hybridized carbons (Fsp3) is 0.125. The van der Waals surface area contributed by atoms with Crippen LogP contribution in [0.2, 0.25) is 0 Å². The van der Waals surface area contributed by atoms with Gasteiger partial charge in [0.05, 0.1) is 27.1 Å². The molecule has 0 saturated heterocycles. The largest absolute Gasteiger partial charge is 0.496 e. The maximum Gasteiger partial charge on any atom is 0.272 e. The number of carbonyl (C=O) groups excluding carboxylic acids is 3. The molecule has 0 aliphatic rings. The van der Waals surface area contributed by atoms with Crippen LogP contribution in [-0.4, -0.2) is 49.8 Å². The second-order valence-electron chi connectivity index (χ2n) is 8.86. The quantitative estimate of drug-likeness (QED) is 0.149.